The molecule has 26 heavy (non-hydrogen) atoms. The Morgan fingerprint density at radius 2 is 2.15 bits per heavy atom. The monoisotopic (exact) mass is 407 g/mol. The summed E-state index contributed by atoms with van der Waals surface area (Å²) in [4.78, 5) is 19.2. The molecule has 3 rings (SSSR count). The number of carbonyl (C=O) groups excluding carboxylic acids is 1. The number of nitrogens with zero attached hydrogens (tertiary/aromatic N) is 2. The van der Waals surface area contributed by atoms with Crippen LogP contribution in [0.25, 0.3) is 10.2 Å². The normalized spacial score (nSPS) is 18.0. The first-order valence-electron chi connectivity index (χ1n) is 8.22. The molecule has 1 atom stereocenters. The highest BCUT2D eigenvalue weighted by molar-refractivity contribution is 7.20. The van der Waals surface area contributed by atoms with E-state index in [1.165, 1.54) is 6.07 Å². The van der Waals surface area contributed by atoms with E-state index in [0.29, 0.717) is 34.8 Å². The van der Waals surface area contributed by atoms with Crippen molar-refractivity contribution in [3.8, 4) is 0 Å². The molecule has 1 saturated heterocycles. The molecule has 144 valence electrons. The number of amides is 1. The van der Waals surface area contributed by atoms with Gasteiger partial charge in [-0.1, -0.05) is 0 Å². The number of halogens is 4. The summed E-state index contributed by atoms with van der Waals surface area (Å²) in [6, 6.07) is 2.38. The molecule has 9 heteroatoms. The Kier molecular flexibility index (Phi) is 6.52. The molecule has 4 nitrogen and oxygen atoms in total. The van der Waals surface area contributed by atoms with Crippen LogP contribution in [0.3, 0.4) is 0 Å². The van der Waals surface area contributed by atoms with Crippen LogP contribution >= 0.6 is 23.7 Å². The average Bonchev–Trinajstić information content (AvgIpc) is 2.90. The third-order valence-corrected chi connectivity index (χ3v) is 5.78. The fourth-order valence-corrected chi connectivity index (χ4v) is 4.46. The number of hydrogen-bond acceptors (Lipinski definition) is 4. The predicted octanol–water partition coefficient (Wildman–Crippen LogP) is 4.12. The standard InChI is InChI=1S/C17H20F3N3OS.ClH/c1-10-12-5-6-13(17(18,19)20)22-15(12)25-14(10)16(24)23-7-3-4-11(9-23)8-21-2;/h5-6,11,21H,3-4,7-9H2,1-2H3;1H. The third-order valence-electron chi connectivity index (χ3n) is 4.59. The number of carbonyl (C=O) groups is 1. The minimum atomic E-state index is -4.48. The number of rotatable bonds is 3. The van der Waals surface area contributed by atoms with Crippen molar-refractivity contribution in [2.75, 3.05) is 26.7 Å². The van der Waals surface area contributed by atoms with E-state index in [2.05, 4.69) is 10.3 Å². The molecule has 1 fully saturated rings. The van der Waals surface area contributed by atoms with Gasteiger partial charge in [-0.25, -0.2) is 4.98 Å². The van der Waals surface area contributed by atoms with Crippen LogP contribution in [0.4, 0.5) is 13.2 Å². The van der Waals surface area contributed by atoms with Crippen LogP contribution in [0, 0.1) is 12.8 Å². The molecule has 1 unspecified atom stereocenters. The van der Waals surface area contributed by atoms with Crippen molar-refractivity contribution in [1.82, 2.24) is 15.2 Å². The van der Waals surface area contributed by atoms with Gasteiger partial charge in [-0.05, 0) is 57.0 Å². The van der Waals surface area contributed by atoms with E-state index in [-0.39, 0.29) is 23.1 Å². The van der Waals surface area contributed by atoms with E-state index >= 15 is 0 Å². The van der Waals surface area contributed by atoms with Crippen molar-refractivity contribution < 1.29 is 18.0 Å². The fourth-order valence-electron chi connectivity index (χ4n) is 3.31. The molecule has 1 N–H and O–H groups in total. The molecule has 0 bridgehead atoms. The van der Waals surface area contributed by atoms with Crippen LogP contribution in [-0.4, -0.2) is 42.5 Å². The third kappa shape index (κ3) is 4.13. The number of aromatic nitrogens is 1. The van der Waals surface area contributed by atoms with Crippen molar-refractivity contribution >= 4 is 39.9 Å². The van der Waals surface area contributed by atoms with Gasteiger partial charge < -0.3 is 10.2 Å². The van der Waals surface area contributed by atoms with Crippen LogP contribution < -0.4 is 5.32 Å². The number of piperidine rings is 1. The quantitative estimate of drug-likeness (QED) is 0.832. The number of nitrogens with one attached hydrogen (secondary N) is 1. The van der Waals surface area contributed by atoms with Crippen molar-refractivity contribution in [3.63, 3.8) is 0 Å². The van der Waals surface area contributed by atoms with E-state index in [1.807, 2.05) is 11.9 Å². The Morgan fingerprint density at radius 1 is 1.42 bits per heavy atom. The highest BCUT2D eigenvalue weighted by Gasteiger charge is 2.33. The van der Waals surface area contributed by atoms with Gasteiger partial charge in [0.1, 0.15) is 10.5 Å². The number of likely N-dealkylation sites (tertiary alicyclic amines) is 1. The van der Waals surface area contributed by atoms with E-state index in [0.717, 1.165) is 36.8 Å². The first kappa shape index (κ1) is 20.9. The van der Waals surface area contributed by atoms with Crippen LogP contribution in [-0.2, 0) is 6.18 Å². The second kappa shape index (κ2) is 8.10. The number of aryl methyl sites for hydroxylation is 1. The largest absolute Gasteiger partial charge is 0.433 e. The molecule has 3 heterocycles. The van der Waals surface area contributed by atoms with Crippen molar-refractivity contribution in [1.29, 1.82) is 0 Å². The Balaban J connectivity index is 0.00000243. The van der Waals surface area contributed by atoms with Gasteiger partial charge in [-0.15, -0.1) is 23.7 Å². The number of thiophene rings is 1. The maximum atomic E-state index is 12.9. The lowest BCUT2D eigenvalue weighted by Gasteiger charge is -2.32. The summed E-state index contributed by atoms with van der Waals surface area (Å²) in [5.74, 6) is 0.308. The molecule has 0 radical (unpaired) electrons. The molecule has 1 aliphatic heterocycles. The zero-order valence-corrected chi connectivity index (χ0v) is 16.2. The topological polar surface area (TPSA) is 45.2 Å². The second-order valence-corrected chi connectivity index (χ2v) is 7.42. The Bertz CT molecular complexity index is 791. The van der Waals surface area contributed by atoms with Gasteiger partial charge >= 0.3 is 6.18 Å². The summed E-state index contributed by atoms with van der Waals surface area (Å²) in [6.45, 7) is 3.99. The lowest BCUT2D eigenvalue weighted by Crippen LogP contribution is -2.42. The van der Waals surface area contributed by atoms with Crippen molar-refractivity contribution in [2.24, 2.45) is 5.92 Å². The lowest BCUT2D eigenvalue weighted by molar-refractivity contribution is -0.140. The van der Waals surface area contributed by atoms with E-state index in [4.69, 9.17) is 0 Å². The second-order valence-electron chi connectivity index (χ2n) is 6.42. The minimum Gasteiger partial charge on any atom is -0.338 e. The molecule has 0 aliphatic carbocycles. The van der Waals surface area contributed by atoms with E-state index < -0.39 is 11.9 Å². The first-order valence-corrected chi connectivity index (χ1v) is 9.04. The maximum absolute atomic E-state index is 12.9. The highest BCUT2D eigenvalue weighted by Crippen LogP contribution is 2.35. The first-order chi connectivity index (χ1) is 11.8. The SMILES string of the molecule is CNCC1CCCN(C(=O)c2sc3nc(C(F)(F)F)ccc3c2C)C1.Cl. The molecule has 1 aliphatic rings. The number of hydrogen-bond donors (Lipinski definition) is 1. The fraction of sp³-hybridized carbons (Fsp3) is 0.529. The van der Waals surface area contributed by atoms with Gasteiger partial charge in [-0.2, -0.15) is 13.2 Å². The number of pyridine rings is 1. The van der Waals surface area contributed by atoms with Gasteiger partial charge in [0.05, 0.1) is 4.88 Å². The number of alkyl halides is 3. The van der Waals surface area contributed by atoms with Gasteiger partial charge in [0, 0.05) is 18.5 Å². The summed E-state index contributed by atoms with van der Waals surface area (Å²) in [7, 11) is 1.89. The van der Waals surface area contributed by atoms with Crippen LogP contribution in [0.15, 0.2) is 12.1 Å². The Morgan fingerprint density at radius 3 is 2.81 bits per heavy atom. The zero-order chi connectivity index (χ0) is 18.2. The van der Waals surface area contributed by atoms with Crippen molar-refractivity contribution in [2.45, 2.75) is 25.9 Å². The van der Waals surface area contributed by atoms with Crippen molar-refractivity contribution in [3.05, 3.63) is 28.3 Å². The molecule has 2 aromatic rings. The van der Waals surface area contributed by atoms with Gasteiger partial charge in [0.2, 0.25) is 0 Å². The molecule has 1 amide bonds. The molecular formula is C17H21ClF3N3OS. The number of fused-ring (bicyclic) bond motifs is 1. The maximum Gasteiger partial charge on any atom is 0.433 e. The molecule has 0 saturated carbocycles. The molecule has 2 aromatic heterocycles. The van der Waals surface area contributed by atoms with Gasteiger partial charge in [-0.3, -0.25) is 4.79 Å². The summed E-state index contributed by atoms with van der Waals surface area (Å²) in [6.07, 6.45) is -2.46. The molecular weight excluding hydrogens is 387 g/mol. The minimum absolute atomic E-state index is 0. The Labute approximate surface area is 160 Å². The molecule has 0 aromatic carbocycles. The Hall–Kier alpha value is -1.38. The zero-order valence-electron chi connectivity index (χ0n) is 14.5. The van der Waals surface area contributed by atoms with E-state index in [1.54, 1.807) is 6.92 Å². The predicted molar refractivity (Wildman–Crippen MR) is 99.2 cm³/mol. The molecule has 0 spiro atoms. The van der Waals surface area contributed by atoms with E-state index in [9.17, 15) is 18.0 Å². The summed E-state index contributed by atoms with van der Waals surface area (Å²) in [5, 5.41) is 3.75. The lowest BCUT2D eigenvalue weighted by atomic mass is 9.97. The average molecular weight is 408 g/mol. The summed E-state index contributed by atoms with van der Waals surface area (Å²) < 4.78 is 38.5. The smallest absolute Gasteiger partial charge is 0.338 e. The van der Waals surface area contributed by atoms with Gasteiger partial charge in [0.15, 0.2) is 0 Å². The van der Waals surface area contributed by atoms with Gasteiger partial charge in [0.25, 0.3) is 5.91 Å². The highest BCUT2D eigenvalue weighted by atomic mass is 35.5. The van der Waals surface area contributed by atoms with Crippen LogP contribution in [0.1, 0.15) is 33.8 Å². The van der Waals surface area contributed by atoms with Crippen LogP contribution in [0.5, 0.6) is 0 Å². The summed E-state index contributed by atoms with van der Waals surface area (Å²) >= 11 is 1.05. The summed E-state index contributed by atoms with van der Waals surface area (Å²) in [5.41, 5.74) is -0.214. The van der Waals surface area contributed by atoms with Crippen LogP contribution in [0.2, 0.25) is 0 Å².